The van der Waals surface area contributed by atoms with Crippen LogP contribution in [0.25, 0.3) is 0 Å². The van der Waals surface area contributed by atoms with Crippen LogP contribution in [0.3, 0.4) is 0 Å². The monoisotopic (exact) mass is 340 g/mol. The van der Waals surface area contributed by atoms with E-state index in [1.54, 1.807) is 13.1 Å². The van der Waals surface area contributed by atoms with E-state index >= 15 is 0 Å². The molecule has 1 saturated heterocycles. The molecule has 128 valence electrons. The highest BCUT2D eigenvalue weighted by Gasteiger charge is 2.33. The fourth-order valence-electron chi connectivity index (χ4n) is 2.47. The molecule has 2 aromatic heterocycles. The van der Waals surface area contributed by atoms with Crippen molar-refractivity contribution in [2.24, 2.45) is 7.05 Å². The van der Waals surface area contributed by atoms with E-state index in [0.717, 1.165) is 6.07 Å². The number of rotatable bonds is 2. The van der Waals surface area contributed by atoms with Gasteiger partial charge in [-0.25, -0.2) is 4.68 Å². The predicted molar refractivity (Wildman–Crippen MR) is 80.9 cm³/mol. The van der Waals surface area contributed by atoms with Gasteiger partial charge < -0.3 is 9.80 Å². The lowest BCUT2D eigenvalue weighted by molar-refractivity contribution is -0.141. The second-order valence-corrected chi connectivity index (χ2v) is 5.40. The van der Waals surface area contributed by atoms with Gasteiger partial charge in [-0.1, -0.05) is 0 Å². The summed E-state index contributed by atoms with van der Waals surface area (Å²) in [5, 5.41) is 11.1. The Morgan fingerprint density at radius 2 is 1.50 bits per heavy atom. The van der Waals surface area contributed by atoms with Crippen LogP contribution in [0.15, 0.2) is 29.1 Å². The molecular formula is C14H15F3N6O. The number of anilines is 2. The Labute approximate surface area is 135 Å². The molecule has 0 aliphatic carbocycles. The fraction of sp³-hybridized carbons (Fsp3) is 0.429. The Balaban J connectivity index is 1.66. The summed E-state index contributed by atoms with van der Waals surface area (Å²) in [7, 11) is 1.58. The van der Waals surface area contributed by atoms with Crippen molar-refractivity contribution in [1.29, 1.82) is 0 Å². The van der Waals surface area contributed by atoms with Gasteiger partial charge in [-0.15, -0.1) is 10.2 Å². The van der Waals surface area contributed by atoms with E-state index in [0.29, 0.717) is 37.8 Å². The number of hydrogen-bond donors (Lipinski definition) is 0. The summed E-state index contributed by atoms with van der Waals surface area (Å²) in [6.07, 6.45) is -4.49. The molecule has 0 saturated carbocycles. The summed E-state index contributed by atoms with van der Waals surface area (Å²) in [5.74, 6) is 1.10. The summed E-state index contributed by atoms with van der Waals surface area (Å²) >= 11 is 0. The van der Waals surface area contributed by atoms with Crippen LogP contribution in [0.4, 0.5) is 24.8 Å². The van der Waals surface area contributed by atoms with Crippen molar-refractivity contribution in [3.63, 3.8) is 0 Å². The summed E-state index contributed by atoms with van der Waals surface area (Å²) in [4.78, 5) is 15.2. The molecule has 1 aliphatic rings. The smallest absolute Gasteiger partial charge is 0.352 e. The molecule has 10 heteroatoms. The van der Waals surface area contributed by atoms with E-state index in [-0.39, 0.29) is 5.56 Å². The Morgan fingerprint density at radius 3 is 2.00 bits per heavy atom. The van der Waals surface area contributed by atoms with E-state index in [9.17, 15) is 18.0 Å². The zero-order chi connectivity index (χ0) is 17.3. The van der Waals surface area contributed by atoms with E-state index < -0.39 is 11.9 Å². The molecular weight excluding hydrogens is 325 g/mol. The highest BCUT2D eigenvalue weighted by atomic mass is 19.4. The van der Waals surface area contributed by atoms with Gasteiger partial charge in [0.1, 0.15) is 5.82 Å². The molecule has 7 nitrogen and oxygen atoms in total. The number of nitrogens with zero attached hydrogens (tertiary/aromatic N) is 6. The van der Waals surface area contributed by atoms with Crippen LogP contribution >= 0.6 is 0 Å². The molecule has 1 fully saturated rings. The second-order valence-electron chi connectivity index (χ2n) is 5.40. The Morgan fingerprint density at radius 1 is 0.917 bits per heavy atom. The SMILES string of the molecule is Cn1nc(N2CCN(c3ccc(C(F)(F)F)nn3)CC2)ccc1=O. The van der Waals surface area contributed by atoms with Crippen molar-refractivity contribution in [3.05, 3.63) is 40.3 Å². The molecule has 0 spiro atoms. The molecule has 2 aromatic rings. The Hall–Kier alpha value is -2.65. The number of halogens is 3. The van der Waals surface area contributed by atoms with Gasteiger partial charge in [0, 0.05) is 39.3 Å². The molecule has 0 aromatic carbocycles. The van der Waals surface area contributed by atoms with Gasteiger partial charge in [0.05, 0.1) is 0 Å². The molecule has 0 radical (unpaired) electrons. The molecule has 1 aliphatic heterocycles. The molecule has 0 atom stereocenters. The highest BCUT2D eigenvalue weighted by Crippen LogP contribution is 2.27. The lowest BCUT2D eigenvalue weighted by Gasteiger charge is -2.35. The van der Waals surface area contributed by atoms with Gasteiger partial charge in [0.15, 0.2) is 11.5 Å². The maximum Gasteiger partial charge on any atom is 0.435 e. The van der Waals surface area contributed by atoms with Gasteiger partial charge in [-0.05, 0) is 18.2 Å². The largest absolute Gasteiger partial charge is 0.435 e. The lowest BCUT2D eigenvalue weighted by Crippen LogP contribution is -2.47. The van der Waals surface area contributed by atoms with Crippen LogP contribution in [0, 0.1) is 0 Å². The van der Waals surface area contributed by atoms with Crippen LogP contribution in [0.5, 0.6) is 0 Å². The van der Waals surface area contributed by atoms with E-state index in [1.807, 2.05) is 9.80 Å². The van der Waals surface area contributed by atoms with Gasteiger partial charge in [0.2, 0.25) is 0 Å². The molecule has 3 rings (SSSR count). The average molecular weight is 340 g/mol. The van der Waals surface area contributed by atoms with E-state index in [4.69, 9.17) is 0 Å². The molecule has 0 N–H and O–H groups in total. The third-order valence-corrected chi connectivity index (χ3v) is 3.81. The number of hydrogen-bond acceptors (Lipinski definition) is 6. The average Bonchev–Trinajstić information content (AvgIpc) is 2.57. The van der Waals surface area contributed by atoms with Crippen molar-refractivity contribution in [2.45, 2.75) is 6.18 Å². The van der Waals surface area contributed by atoms with Crippen LogP contribution in [0.1, 0.15) is 5.69 Å². The summed E-state index contributed by atoms with van der Waals surface area (Å²) in [6.45, 7) is 2.39. The Kier molecular flexibility index (Phi) is 4.12. The van der Waals surface area contributed by atoms with E-state index in [1.165, 1.54) is 16.8 Å². The minimum atomic E-state index is -4.49. The maximum absolute atomic E-state index is 12.5. The third-order valence-electron chi connectivity index (χ3n) is 3.81. The van der Waals surface area contributed by atoms with Gasteiger partial charge >= 0.3 is 6.18 Å². The number of aromatic nitrogens is 4. The zero-order valence-electron chi connectivity index (χ0n) is 12.9. The summed E-state index contributed by atoms with van der Waals surface area (Å²) in [5.41, 5.74) is -1.18. The van der Waals surface area contributed by atoms with Crippen molar-refractivity contribution >= 4 is 11.6 Å². The molecule has 24 heavy (non-hydrogen) atoms. The first-order chi connectivity index (χ1) is 11.3. The molecule has 0 bridgehead atoms. The first kappa shape index (κ1) is 16.2. The Bertz CT molecular complexity index is 765. The van der Waals surface area contributed by atoms with Crippen LogP contribution in [0.2, 0.25) is 0 Å². The zero-order valence-corrected chi connectivity index (χ0v) is 12.9. The van der Waals surface area contributed by atoms with Crippen LogP contribution in [-0.2, 0) is 13.2 Å². The first-order valence-corrected chi connectivity index (χ1v) is 7.30. The summed E-state index contributed by atoms with van der Waals surface area (Å²) < 4.78 is 38.8. The third kappa shape index (κ3) is 3.31. The second kappa shape index (κ2) is 6.10. The standard InChI is InChI=1S/C14H15F3N6O/c1-21-13(24)5-4-12(20-21)23-8-6-22(7-9-23)11-3-2-10(18-19-11)14(15,16)17/h2-5H,6-9H2,1H3. The normalized spacial score (nSPS) is 15.7. The first-order valence-electron chi connectivity index (χ1n) is 7.30. The van der Waals surface area contributed by atoms with Gasteiger partial charge in [-0.3, -0.25) is 4.79 Å². The topological polar surface area (TPSA) is 67.2 Å². The number of piperazine rings is 1. The van der Waals surface area contributed by atoms with Crippen molar-refractivity contribution in [3.8, 4) is 0 Å². The number of alkyl halides is 3. The quantitative estimate of drug-likeness (QED) is 0.810. The van der Waals surface area contributed by atoms with Crippen LogP contribution in [-0.4, -0.2) is 46.2 Å². The minimum Gasteiger partial charge on any atom is -0.352 e. The molecule has 0 unspecified atom stereocenters. The van der Waals surface area contributed by atoms with Gasteiger partial charge in [0.25, 0.3) is 5.56 Å². The van der Waals surface area contributed by atoms with Crippen LogP contribution < -0.4 is 15.4 Å². The van der Waals surface area contributed by atoms with Crippen molar-refractivity contribution in [2.75, 3.05) is 36.0 Å². The van der Waals surface area contributed by atoms with E-state index in [2.05, 4.69) is 15.3 Å². The predicted octanol–water partition coefficient (Wildman–Crippen LogP) is 0.916. The van der Waals surface area contributed by atoms with Crippen molar-refractivity contribution in [1.82, 2.24) is 20.0 Å². The lowest BCUT2D eigenvalue weighted by atomic mass is 10.3. The number of aryl methyl sites for hydroxylation is 1. The van der Waals surface area contributed by atoms with Gasteiger partial charge in [-0.2, -0.15) is 18.3 Å². The summed E-state index contributed by atoms with van der Waals surface area (Å²) in [6, 6.07) is 5.38. The fourth-order valence-corrected chi connectivity index (χ4v) is 2.47. The van der Waals surface area contributed by atoms with Crippen molar-refractivity contribution < 1.29 is 13.2 Å². The maximum atomic E-state index is 12.5. The minimum absolute atomic E-state index is 0.183. The molecule has 0 amide bonds. The highest BCUT2D eigenvalue weighted by molar-refractivity contribution is 5.43. The molecule has 3 heterocycles.